The van der Waals surface area contributed by atoms with E-state index in [1.807, 2.05) is 43.3 Å². The average molecular weight is 388 g/mol. The van der Waals surface area contributed by atoms with Crippen LogP contribution < -0.4 is 11.1 Å². The van der Waals surface area contributed by atoms with Gasteiger partial charge in [0.05, 0.1) is 6.04 Å². The largest absolute Gasteiger partial charge is 0.326 e. The van der Waals surface area contributed by atoms with Crippen LogP contribution in [0.2, 0.25) is 0 Å². The number of para-hydroxylation sites is 1. The van der Waals surface area contributed by atoms with Crippen molar-refractivity contribution in [3.05, 3.63) is 65.7 Å². The molecule has 0 aromatic heterocycles. The van der Waals surface area contributed by atoms with Gasteiger partial charge in [-0.25, -0.2) is 0 Å². The molecule has 1 fully saturated rings. The van der Waals surface area contributed by atoms with Gasteiger partial charge in [-0.3, -0.25) is 9.69 Å². The smallest absolute Gasteiger partial charge is 0.241 e. The summed E-state index contributed by atoms with van der Waals surface area (Å²) in [5.41, 5.74) is 9.70. The lowest BCUT2D eigenvalue weighted by atomic mass is 9.95. The van der Waals surface area contributed by atoms with Crippen molar-refractivity contribution >= 4 is 24.0 Å². The molecule has 0 aliphatic carbocycles. The van der Waals surface area contributed by atoms with Gasteiger partial charge < -0.3 is 11.1 Å². The second-order valence-electron chi connectivity index (χ2n) is 7.54. The molecule has 0 bridgehead atoms. The molecule has 5 heteroatoms. The third-order valence-electron chi connectivity index (χ3n) is 5.39. The van der Waals surface area contributed by atoms with Gasteiger partial charge in [-0.1, -0.05) is 62.4 Å². The van der Waals surface area contributed by atoms with Crippen LogP contribution in [0.5, 0.6) is 0 Å². The van der Waals surface area contributed by atoms with Crippen molar-refractivity contribution in [2.24, 2.45) is 5.73 Å². The Morgan fingerprint density at radius 1 is 1.04 bits per heavy atom. The van der Waals surface area contributed by atoms with Gasteiger partial charge in [-0.15, -0.1) is 12.4 Å². The zero-order valence-electron chi connectivity index (χ0n) is 16.3. The van der Waals surface area contributed by atoms with E-state index in [0.29, 0.717) is 5.92 Å². The van der Waals surface area contributed by atoms with E-state index in [1.165, 1.54) is 5.56 Å². The van der Waals surface area contributed by atoms with Gasteiger partial charge in [0.1, 0.15) is 0 Å². The molecule has 2 aromatic rings. The van der Waals surface area contributed by atoms with E-state index in [1.54, 1.807) is 0 Å². The summed E-state index contributed by atoms with van der Waals surface area (Å²) in [5.74, 6) is 0.665. The summed E-state index contributed by atoms with van der Waals surface area (Å²) >= 11 is 0. The van der Waals surface area contributed by atoms with Crippen LogP contribution in [-0.2, 0) is 4.79 Å². The molecular weight excluding hydrogens is 358 g/mol. The summed E-state index contributed by atoms with van der Waals surface area (Å²) < 4.78 is 0. The van der Waals surface area contributed by atoms with Crippen LogP contribution in [0.25, 0.3) is 0 Å². The molecule has 3 rings (SSSR count). The van der Waals surface area contributed by atoms with Gasteiger partial charge in [-0.05, 0) is 30.0 Å². The Labute approximate surface area is 168 Å². The Balaban J connectivity index is 0.00000261. The summed E-state index contributed by atoms with van der Waals surface area (Å²) in [7, 11) is 0. The molecule has 2 aromatic carbocycles. The normalized spacial score (nSPS) is 20.9. The number of benzene rings is 2. The van der Waals surface area contributed by atoms with Crippen molar-refractivity contribution < 1.29 is 4.79 Å². The zero-order valence-corrected chi connectivity index (χ0v) is 17.1. The number of hydrogen-bond acceptors (Lipinski definition) is 3. The van der Waals surface area contributed by atoms with Crippen LogP contribution in [0.4, 0.5) is 5.69 Å². The van der Waals surface area contributed by atoms with Crippen molar-refractivity contribution in [3.63, 3.8) is 0 Å². The molecule has 0 spiro atoms. The van der Waals surface area contributed by atoms with Gasteiger partial charge in [0.25, 0.3) is 0 Å². The Morgan fingerprint density at radius 3 is 2.33 bits per heavy atom. The molecule has 0 saturated carbocycles. The number of amides is 1. The maximum Gasteiger partial charge on any atom is 0.241 e. The molecule has 3 N–H and O–H groups in total. The number of hydrogen-bond donors (Lipinski definition) is 2. The van der Waals surface area contributed by atoms with Gasteiger partial charge in [0.2, 0.25) is 5.91 Å². The number of anilines is 1. The molecule has 0 radical (unpaired) electrons. The quantitative estimate of drug-likeness (QED) is 0.815. The highest BCUT2D eigenvalue weighted by molar-refractivity contribution is 5.95. The van der Waals surface area contributed by atoms with Crippen molar-refractivity contribution in [2.75, 3.05) is 18.4 Å². The van der Waals surface area contributed by atoms with E-state index in [4.69, 9.17) is 5.73 Å². The number of nitrogens with two attached hydrogens (primary N) is 1. The molecule has 4 nitrogen and oxygen atoms in total. The molecule has 1 amide bonds. The molecule has 146 valence electrons. The van der Waals surface area contributed by atoms with Crippen LogP contribution in [0.15, 0.2) is 54.6 Å². The van der Waals surface area contributed by atoms with Crippen molar-refractivity contribution in [3.8, 4) is 0 Å². The van der Waals surface area contributed by atoms with Gasteiger partial charge >= 0.3 is 0 Å². The number of nitrogens with zero attached hydrogens (tertiary/aromatic N) is 1. The second-order valence-corrected chi connectivity index (χ2v) is 7.54. The van der Waals surface area contributed by atoms with E-state index in [2.05, 4.69) is 42.3 Å². The maximum atomic E-state index is 12.8. The van der Waals surface area contributed by atoms with E-state index in [-0.39, 0.29) is 36.3 Å². The summed E-state index contributed by atoms with van der Waals surface area (Å²) in [6, 6.07) is 18.2. The minimum atomic E-state index is -0.213. The van der Waals surface area contributed by atoms with Crippen LogP contribution in [0.3, 0.4) is 0 Å². The fraction of sp³-hybridized carbons (Fsp3) is 0.409. The molecule has 1 unspecified atom stereocenters. The standard InChI is InChI=1S/C22H29N3O.ClH/c1-15(2)18-11-7-8-12-21(18)24-22(26)16(3)25-13-19(20(23)14-25)17-9-5-4-6-10-17;/h4-12,15-16,19-20H,13-14,23H2,1-3H3,(H,24,26);1H/t16?,19-,20+;/m0./s1. The molecular formula is C22H30ClN3O. The average Bonchev–Trinajstić information content (AvgIpc) is 3.03. The van der Waals surface area contributed by atoms with Crippen molar-refractivity contribution in [2.45, 2.75) is 44.7 Å². The lowest BCUT2D eigenvalue weighted by molar-refractivity contribution is -0.120. The van der Waals surface area contributed by atoms with Crippen LogP contribution in [0, 0.1) is 0 Å². The molecule has 3 atom stereocenters. The Morgan fingerprint density at radius 2 is 1.67 bits per heavy atom. The summed E-state index contributed by atoms with van der Waals surface area (Å²) in [6.07, 6.45) is 0. The Bertz CT molecular complexity index is 750. The first-order valence-electron chi connectivity index (χ1n) is 9.41. The highest BCUT2D eigenvalue weighted by Gasteiger charge is 2.35. The molecule has 1 aliphatic heterocycles. The van der Waals surface area contributed by atoms with Gasteiger partial charge in [0, 0.05) is 30.7 Å². The van der Waals surface area contributed by atoms with Crippen LogP contribution >= 0.6 is 12.4 Å². The zero-order chi connectivity index (χ0) is 18.7. The van der Waals surface area contributed by atoms with Crippen LogP contribution in [-0.4, -0.2) is 36.0 Å². The minimum Gasteiger partial charge on any atom is -0.326 e. The first kappa shape index (κ1) is 21.4. The highest BCUT2D eigenvalue weighted by Crippen LogP contribution is 2.28. The predicted octanol–water partition coefficient (Wildman–Crippen LogP) is 3.99. The third-order valence-corrected chi connectivity index (χ3v) is 5.39. The van der Waals surface area contributed by atoms with Crippen molar-refractivity contribution in [1.29, 1.82) is 0 Å². The summed E-state index contributed by atoms with van der Waals surface area (Å²) in [5, 5.41) is 3.12. The summed E-state index contributed by atoms with van der Waals surface area (Å²) in [6.45, 7) is 7.79. The number of carbonyl (C=O) groups excluding carboxylic acids is 1. The van der Waals surface area contributed by atoms with E-state index in [0.717, 1.165) is 24.3 Å². The monoisotopic (exact) mass is 387 g/mol. The lowest BCUT2D eigenvalue weighted by Gasteiger charge is -2.24. The predicted molar refractivity (Wildman–Crippen MR) is 115 cm³/mol. The van der Waals surface area contributed by atoms with Crippen molar-refractivity contribution in [1.82, 2.24) is 4.90 Å². The lowest BCUT2D eigenvalue weighted by Crippen LogP contribution is -2.42. The third kappa shape index (κ3) is 4.89. The number of likely N-dealkylation sites (tertiary alicyclic amines) is 1. The Hall–Kier alpha value is -1.88. The fourth-order valence-corrected chi connectivity index (χ4v) is 3.75. The fourth-order valence-electron chi connectivity index (χ4n) is 3.75. The van der Waals surface area contributed by atoms with E-state index in [9.17, 15) is 4.79 Å². The Kier molecular flexibility index (Phi) is 7.42. The topological polar surface area (TPSA) is 58.4 Å². The number of carbonyl (C=O) groups is 1. The first-order chi connectivity index (χ1) is 12.5. The number of halogens is 1. The minimum absolute atomic E-state index is 0. The number of rotatable bonds is 5. The summed E-state index contributed by atoms with van der Waals surface area (Å²) in [4.78, 5) is 15.0. The SMILES string of the molecule is CC(C)c1ccccc1NC(=O)C(C)N1C[C@@H](N)[C@H](c2ccccc2)C1.Cl. The maximum absolute atomic E-state index is 12.8. The van der Waals surface area contributed by atoms with Crippen LogP contribution in [0.1, 0.15) is 43.7 Å². The first-order valence-corrected chi connectivity index (χ1v) is 9.41. The molecule has 27 heavy (non-hydrogen) atoms. The molecule has 1 saturated heterocycles. The molecule has 1 heterocycles. The van der Waals surface area contributed by atoms with Gasteiger partial charge in [0.15, 0.2) is 0 Å². The number of nitrogens with one attached hydrogen (secondary N) is 1. The second kappa shape index (κ2) is 9.36. The van der Waals surface area contributed by atoms with Gasteiger partial charge in [-0.2, -0.15) is 0 Å². The molecule has 1 aliphatic rings. The van der Waals surface area contributed by atoms with E-state index >= 15 is 0 Å². The highest BCUT2D eigenvalue weighted by atomic mass is 35.5. The van der Waals surface area contributed by atoms with E-state index < -0.39 is 0 Å².